The Kier molecular flexibility index (Phi) is 4.29. The Balaban J connectivity index is 1.53. The van der Waals surface area contributed by atoms with E-state index in [-0.39, 0.29) is 0 Å². The third kappa shape index (κ3) is 2.82. The number of fused-ring (bicyclic) bond motifs is 2. The van der Waals surface area contributed by atoms with E-state index < -0.39 is 0 Å². The second kappa shape index (κ2) is 6.57. The maximum absolute atomic E-state index is 5.61. The second-order valence-corrected chi connectivity index (χ2v) is 6.80. The Hall–Kier alpha value is -1.85. The van der Waals surface area contributed by atoms with E-state index in [2.05, 4.69) is 26.6 Å². The summed E-state index contributed by atoms with van der Waals surface area (Å²) in [5.74, 6) is 1.98. The van der Waals surface area contributed by atoms with E-state index in [9.17, 15) is 0 Å². The van der Waals surface area contributed by atoms with Gasteiger partial charge in [-0.3, -0.25) is 4.90 Å². The van der Waals surface area contributed by atoms with E-state index in [0.29, 0.717) is 18.2 Å². The van der Waals surface area contributed by atoms with Crippen molar-refractivity contribution in [2.45, 2.75) is 50.4 Å². The van der Waals surface area contributed by atoms with Crippen LogP contribution in [-0.4, -0.2) is 46.9 Å². The van der Waals surface area contributed by atoms with Crippen molar-refractivity contribution in [3.8, 4) is 11.4 Å². The normalized spacial score (nSPS) is 26.7. The molecule has 128 valence electrons. The average Bonchev–Trinajstić information content (AvgIpc) is 3.17. The van der Waals surface area contributed by atoms with Crippen LogP contribution in [0.15, 0.2) is 36.7 Å². The Morgan fingerprint density at radius 2 is 1.79 bits per heavy atom. The van der Waals surface area contributed by atoms with Crippen molar-refractivity contribution >= 4 is 0 Å². The molecule has 2 fully saturated rings. The molecule has 2 saturated heterocycles. The minimum Gasteiger partial charge on any atom is -0.497 e. The lowest BCUT2D eigenvalue weighted by Crippen LogP contribution is -2.45. The minimum atomic E-state index is 0.431. The lowest BCUT2D eigenvalue weighted by atomic mass is 10.00. The van der Waals surface area contributed by atoms with E-state index in [4.69, 9.17) is 9.47 Å². The Morgan fingerprint density at radius 1 is 1.08 bits per heavy atom. The standard InChI is InChI=1S/C19H25N3O2/c1-23-17-7-5-14(6-8-17)21-10-9-20-19(21)13-22-15-3-4-16(22)12-18(11-15)24-2/h5-10,15-16,18H,3-4,11-13H2,1-2H3/t15-,16+,18?. The molecule has 2 bridgehead atoms. The first kappa shape index (κ1) is 15.7. The van der Waals surface area contributed by atoms with Crippen molar-refractivity contribution in [2.75, 3.05) is 14.2 Å². The molecule has 0 N–H and O–H groups in total. The molecular weight excluding hydrogens is 302 g/mol. The van der Waals surface area contributed by atoms with Crippen molar-refractivity contribution in [1.29, 1.82) is 0 Å². The van der Waals surface area contributed by atoms with Crippen LogP contribution in [0.1, 0.15) is 31.5 Å². The molecule has 24 heavy (non-hydrogen) atoms. The van der Waals surface area contributed by atoms with Crippen LogP contribution in [0, 0.1) is 0 Å². The number of piperidine rings is 1. The summed E-state index contributed by atoms with van der Waals surface area (Å²) < 4.78 is 13.0. The van der Waals surface area contributed by atoms with Crippen LogP contribution in [0.5, 0.6) is 5.75 Å². The summed E-state index contributed by atoms with van der Waals surface area (Å²) in [5, 5.41) is 0. The number of hydrogen-bond acceptors (Lipinski definition) is 4. The van der Waals surface area contributed by atoms with Crippen molar-refractivity contribution in [3.05, 3.63) is 42.5 Å². The first-order valence-corrected chi connectivity index (χ1v) is 8.73. The summed E-state index contributed by atoms with van der Waals surface area (Å²) >= 11 is 0. The number of aromatic nitrogens is 2. The molecule has 5 nitrogen and oxygen atoms in total. The van der Waals surface area contributed by atoms with Crippen molar-refractivity contribution < 1.29 is 9.47 Å². The smallest absolute Gasteiger partial charge is 0.127 e. The van der Waals surface area contributed by atoms with Crippen LogP contribution in [-0.2, 0) is 11.3 Å². The minimum absolute atomic E-state index is 0.431. The summed E-state index contributed by atoms with van der Waals surface area (Å²) in [7, 11) is 3.53. The fraction of sp³-hybridized carbons (Fsp3) is 0.526. The van der Waals surface area contributed by atoms with Gasteiger partial charge in [0.2, 0.25) is 0 Å². The fourth-order valence-corrected chi connectivity index (χ4v) is 4.27. The third-order valence-electron chi connectivity index (χ3n) is 5.57. The molecule has 1 unspecified atom stereocenters. The van der Waals surface area contributed by atoms with E-state index in [0.717, 1.165) is 36.6 Å². The van der Waals surface area contributed by atoms with E-state index in [1.54, 1.807) is 7.11 Å². The zero-order chi connectivity index (χ0) is 16.5. The predicted octanol–water partition coefficient (Wildman–Crippen LogP) is 3.02. The zero-order valence-electron chi connectivity index (χ0n) is 14.4. The number of imidazole rings is 1. The van der Waals surface area contributed by atoms with Gasteiger partial charge in [-0.1, -0.05) is 0 Å². The maximum atomic E-state index is 5.61. The summed E-state index contributed by atoms with van der Waals surface area (Å²) in [5.41, 5.74) is 1.13. The van der Waals surface area contributed by atoms with Crippen LogP contribution >= 0.6 is 0 Å². The van der Waals surface area contributed by atoms with Crippen molar-refractivity contribution in [3.63, 3.8) is 0 Å². The van der Waals surface area contributed by atoms with Crippen LogP contribution in [0.4, 0.5) is 0 Å². The average molecular weight is 327 g/mol. The number of hydrogen-bond donors (Lipinski definition) is 0. The number of methoxy groups -OCH3 is 2. The number of ether oxygens (including phenoxy) is 2. The molecule has 1 aromatic heterocycles. The van der Waals surface area contributed by atoms with Gasteiger partial charge in [-0.25, -0.2) is 4.98 Å². The first-order valence-electron chi connectivity index (χ1n) is 8.73. The predicted molar refractivity (Wildman–Crippen MR) is 92.5 cm³/mol. The molecule has 0 amide bonds. The van der Waals surface area contributed by atoms with Crippen LogP contribution in [0.2, 0.25) is 0 Å². The third-order valence-corrected chi connectivity index (χ3v) is 5.57. The summed E-state index contributed by atoms with van der Waals surface area (Å²) in [6.07, 6.45) is 9.23. The van der Waals surface area contributed by atoms with Crippen LogP contribution in [0.25, 0.3) is 5.69 Å². The highest BCUT2D eigenvalue weighted by atomic mass is 16.5. The highest BCUT2D eigenvalue weighted by Crippen LogP contribution is 2.37. The van der Waals surface area contributed by atoms with Crippen molar-refractivity contribution in [2.24, 2.45) is 0 Å². The van der Waals surface area contributed by atoms with E-state index >= 15 is 0 Å². The number of benzene rings is 1. The monoisotopic (exact) mass is 327 g/mol. The fourth-order valence-electron chi connectivity index (χ4n) is 4.27. The summed E-state index contributed by atoms with van der Waals surface area (Å²) in [6, 6.07) is 9.41. The highest BCUT2D eigenvalue weighted by molar-refractivity contribution is 5.38. The molecule has 4 rings (SSSR count). The van der Waals surface area contributed by atoms with Gasteiger partial charge in [-0.05, 0) is 49.9 Å². The first-order chi connectivity index (χ1) is 11.8. The van der Waals surface area contributed by atoms with Crippen molar-refractivity contribution in [1.82, 2.24) is 14.5 Å². The topological polar surface area (TPSA) is 39.5 Å². The largest absolute Gasteiger partial charge is 0.497 e. The quantitative estimate of drug-likeness (QED) is 0.846. The van der Waals surface area contributed by atoms with E-state index in [1.165, 1.54) is 12.8 Å². The molecule has 3 atom stereocenters. The van der Waals surface area contributed by atoms with Crippen LogP contribution in [0.3, 0.4) is 0 Å². The van der Waals surface area contributed by atoms with Gasteiger partial charge in [0, 0.05) is 37.3 Å². The SMILES string of the molecule is COc1ccc(-n2ccnc2CN2[C@@H]3CC[C@H]2CC(OC)C3)cc1. The molecule has 0 spiro atoms. The Labute approximate surface area is 143 Å². The van der Waals surface area contributed by atoms with Gasteiger partial charge in [-0.2, -0.15) is 0 Å². The summed E-state index contributed by atoms with van der Waals surface area (Å²) in [4.78, 5) is 7.26. The van der Waals surface area contributed by atoms with Gasteiger partial charge in [0.05, 0.1) is 19.8 Å². The molecule has 0 saturated carbocycles. The highest BCUT2D eigenvalue weighted by Gasteiger charge is 2.41. The van der Waals surface area contributed by atoms with Gasteiger partial charge >= 0.3 is 0 Å². The van der Waals surface area contributed by atoms with Crippen LogP contribution < -0.4 is 4.74 Å². The van der Waals surface area contributed by atoms with Gasteiger partial charge < -0.3 is 14.0 Å². The molecule has 2 aliphatic rings. The molecule has 1 aromatic carbocycles. The molecule has 3 heterocycles. The van der Waals surface area contributed by atoms with Gasteiger partial charge in [0.1, 0.15) is 11.6 Å². The second-order valence-electron chi connectivity index (χ2n) is 6.80. The number of rotatable bonds is 5. The molecule has 0 radical (unpaired) electrons. The Morgan fingerprint density at radius 3 is 2.42 bits per heavy atom. The molecule has 0 aliphatic carbocycles. The molecular formula is C19H25N3O2. The lowest BCUT2D eigenvalue weighted by Gasteiger charge is -2.38. The molecule has 5 heteroatoms. The van der Waals surface area contributed by atoms with Gasteiger partial charge in [0.15, 0.2) is 0 Å². The van der Waals surface area contributed by atoms with E-state index in [1.807, 2.05) is 31.6 Å². The maximum Gasteiger partial charge on any atom is 0.127 e. The lowest BCUT2D eigenvalue weighted by molar-refractivity contribution is 0.00142. The molecule has 2 aromatic rings. The Bertz CT molecular complexity index is 668. The zero-order valence-corrected chi connectivity index (χ0v) is 14.4. The number of nitrogens with zero attached hydrogens (tertiary/aromatic N) is 3. The van der Waals surface area contributed by atoms with Gasteiger partial charge in [-0.15, -0.1) is 0 Å². The van der Waals surface area contributed by atoms with Gasteiger partial charge in [0.25, 0.3) is 0 Å². The summed E-state index contributed by atoms with van der Waals surface area (Å²) in [6.45, 7) is 0.908. The molecule has 2 aliphatic heterocycles.